The van der Waals surface area contributed by atoms with Crippen LogP contribution in [0.15, 0.2) is 54.7 Å². The highest BCUT2D eigenvalue weighted by molar-refractivity contribution is 5.94. The number of aromatic nitrogens is 2. The Bertz CT molecular complexity index is 1110. The molecule has 3 rings (SSSR count). The lowest BCUT2D eigenvalue weighted by molar-refractivity contribution is -0.136. The van der Waals surface area contributed by atoms with Gasteiger partial charge in [-0.2, -0.15) is 0 Å². The molecule has 0 saturated carbocycles. The molecule has 2 aromatic carbocycles. The minimum Gasteiger partial charge on any atom is -0.493 e. The number of nitrogens with zero attached hydrogens (tertiary/aromatic N) is 3. The maximum atomic E-state index is 12.9. The van der Waals surface area contributed by atoms with E-state index in [9.17, 15) is 9.59 Å². The quantitative estimate of drug-likeness (QED) is 0.530. The van der Waals surface area contributed by atoms with Gasteiger partial charge in [0, 0.05) is 30.3 Å². The number of rotatable bonds is 9. The molecule has 0 aliphatic carbocycles. The number of ether oxygens (including phenoxy) is 2. The zero-order valence-corrected chi connectivity index (χ0v) is 19.7. The van der Waals surface area contributed by atoms with Crippen LogP contribution in [0.4, 0.5) is 5.95 Å². The molecule has 8 heteroatoms. The van der Waals surface area contributed by atoms with Gasteiger partial charge < -0.3 is 14.4 Å². The first-order chi connectivity index (χ1) is 15.9. The number of benzene rings is 2. The minimum absolute atomic E-state index is 0.0518. The maximum absolute atomic E-state index is 12.9. The van der Waals surface area contributed by atoms with Crippen LogP contribution in [-0.2, 0) is 9.59 Å². The molecule has 1 N–H and O–H groups in total. The van der Waals surface area contributed by atoms with Crippen LogP contribution in [0.5, 0.6) is 11.5 Å². The highest BCUT2D eigenvalue weighted by atomic mass is 16.5. The third-order valence-corrected chi connectivity index (χ3v) is 5.23. The number of imidazole rings is 1. The zero-order chi connectivity index (χ0) is 24.0. The normalized spacial score (nSPS) is 10.7. The van der Waals surface area contributed by atoms with Crippen LogP contribution in [0.3, 0.4) is 0 Å². The number of anilines is 1. The van der Waals surface area contributed by atoms with E-state index in [1.165, 1.54) is 0 Å². The fraction of sp³-hybridized carbons (Fsp3) is 0.320. The van der Waals surface area contributed by atoms with E-state index in [1.807, 2.05) is 62.5 Å². The Labute approximate surface area is 194 Å². The minimum atomic E-state index is -0.322. The molecule has 1 heterocycles. The standard InChI is InChI=1S/C25H30N4O4/c1-6-24(31)28(17(2)3)16-23(30)27-25-26-20(18-10-8-7-9-11-18)15-29(25)19-12-13-21(32-4)22(14-19)33-5/h7-15,17H,6,16H2,1-5H3,(H,26,27,30). The van der Waals surface area contributed by atoms with Crippen molar-refractivity contribution in [2.24, 2.45) is 0 Å². The maximum Gasteiger partial charge on any atom is 0.246 e. The Morgan fingerprint density at radius 1 is 1.06 bits per heavy atom. The van der Waals surface area contributed by atoms with Crippen molar-refractivity contribution in [2.45, 2.75) is 33.2 Å². The topological polar surface area (TPSA) is 85.7 Å². The Kier molecular flexibility index (Phi) is 7.71. The van der Waals surface area contributed by atoms with Crippen molar-refractivity contribution in [3.05, 3.63) is 54.7 Å². The number of hydrogen-bond acceptors (Lipinski definition) is 5. The average molecular weight is 451 g/mol. The molecule has 0 spiro atoms. The second-order valence-electron chi connectivity index (χ2n) is 7.74. The predicted octanol–water partition coefficient (Wildman–Crippen LogP) is 4.14. The van der Waals surface area contributed by atoms with E-state index in [0.717, 1.165) is 11.3 Å². The second kappa shape index (κ2) is 10.7. The van der Waals surface area contributed by atoms with Gasteiger partial charge in [-0.05, 0) is 26.0 Å². The summed E-state index contributed by atoms with van der Waals surface area (Å²) in [5.74, 6) is 1.10. The fourth-order valence-corrected chi connectivity index (χ4v) is 3.47. The number of hydrogen-bond donors (Lipinski definition) is 1. The number of nitrogens with one attached hydrogen (secondary N) is 1. The van der Waals surface area contributed by atoms with Gasteiger partial charge in [-0.15, -0.1) is 0 Å². The summed E-state index contributed by atoms with van der Waals surface area (Å²) in [4.78, 5) is 31.4. The number of carbonyl (C=O) groups is 2. The number of amides is 2. The van der Waals surface area contributed by atoms with Crippen LogP contribution in [-0.4, -0.2) is 53.1 Å². The van der Waals surface area contributed by atoms with Crippen molar-refractivity contribution in [1.82, 2.24) is 14.5 Å². The van der Waals surface area contributed by atoms with Gasteiger partial charge >= 0.3 is 0 Å². The molecule has 2 amide bonds. The molecule has 3 aromatic rings. The van der Waals surface area contributed by atoms with Crippen LogP contribution in [0.2, 0.25) is 0 Å². The van der Waals surface area contributed by atoms with Crippen LogP contribution in [0.1, 0.15) is 27.2 Å². The van der Waals surface area contributed by atoms with Crippen molar-refractivity contribution in [2.75, 3.05) is 26.1 Å². The van der Waals surface area contributed by atoms with Crippen LogP contribution in [0, 0.1) is 0 Å². The average Bonchev–Trinajstić information content (AvgIpc) is 3.25. The van der Waals surface area contributed by atoms with Crippen molar-refractivity contribution >= 4 is 17.8 Å². The molecule has 0 saturated heterocycles. The van der Waals surface area contributed by atoms with Gasteiger partial charge in [0.25, 0.3) is 0 Å². The van der Waals surface area contributed by atoms with Crippen LogP contribution >= 0.6 is 0 Å². The van der Waals surface area contributed by atoms with E-state index in [1.54, 1.807) is 36.7 Å². The molecule has 0 radical (unpaired) electrons. The van der Waals surface area contributed by atoms with E-state index in [4.69, 9.17) is 9.47 Å². The molecule has 0 aliphatic heterocycles. The first kappa shape index (κ1) is 23.8. The van der Waals surface area contributed by atoms with E-state index < -0.39 is 0 Å². The first-order valence-corrected chi connectivity index (χ1v) is 10.8. The Morgan fingerprint density at radius 2 is 1.76 bits per heavy atom. The summed E-state index contributed by atoms with van der Waals surface area (Å²) in [5.41, 5.74) is 2.35. The zero-order valence-electron chi connectivity index (χ0n) is 19.7. The van der Waals surface area contributed by atoms with Gasteiger partial charge in [0.15, 0.2) is 11.5 Å². The van der Waals surface area contributed by atoms with Crippen molar-refractivity contribution in [1.29, 1.82) is 0 Å². The molecule has 8 nitrogen and oxygen atoms in total. The Morgan fingerprint density at radius 3 is 2.36 bits per heavy atom. The highest BCUT2D eigenvalue weighted by Crippen LogP contribution is 2.31. The van der Waals surface area contributed by atoms with Gasteiger partial charge in [-0.1, -0.05) is 37.3 Å². The molecule has 33 heavy (non-hydrogen) atoms. The molecular formula is C25H30N4O4. The summed E-state index contributed by atoms with van der Waals surface area (Å²) in [6.07, 6.45) is 2.19. The lowest BCUT2D eigenvalue weighted by atomic mass is 10.2. The lowest BCUT2D eigenvalue weighted by Crippen LogP contribution is -2.42. The molecule has 0 fully saturated rings. The van der Waals surface area contributed by atoms with Crippen molar-refractivity contribution < 1.29 is 19.1 Å². The van der Waals surface area contributed by atoms with Gasteiger partial charge in [-0.3, -0.25) is 19.5 Å². The molecule has 0 aliphatic rings. The van der Waals surface area contributed by atoms with E-state index in [0.29, 0.717) is 29.6 Å². The predicted molar refractivity (Wildman–Crippen MR) is 128 cm³/mol. The Balaban J connectivity index is 1.99. The second-order valence-corrected chi connectivity index (χ2v) is 7.74. The lowest BCUT2D eigenvalue weighted by Gasteiger charge is -2.25. The van der Waals surface area contributed by atoms with Crippen molar-refractivity contribution in [3.63, 3.8) is 0 Å². The number of methoxy groups -OCH3 is 2. The summed E-state index contributed by atoms with van der Waals surface area (Å²) in [5, 5.41) is 2.88. The molecule has 0 atom stereocenters. The third kappa shape index (κ3) is 5.52. The number of carbonyl (C=O) groups excluding carboxylic acids is 2. The van der Waals surface area contributed by atoms with Crippen LogP contribution < -0.4 is 14.8 Å². The van der Waals surface area contributed by atoms with Gasteiger partial charge in [0.2, 0.25) is 17.8 Å². The largest absolute Gasteiger partial charge is 0.493 e. The highest BCUT2D eigenvalue weighted by Gasteiger charge is 2.21. The molecule has 174 valence electrons. The third-order valence-electron chi connectivity index (χ3n) is 5.23. The molecule has 0 bridgehead atoms. The van der Waals surface area contributed by atoms with Gasteiger partial charge in [0.1, 0.15) is 6.54 Å². The molecular weight excluding hydrogens is 420 g/mol. The van der Waals surface area contributed by atoms with Gasteiger partial charge in [0.05, 0.1) is 25.6 Å². The van der Waals surface area contributed by atoms with E-state index in [-0.39, 0.29) is 24.4 Å². The molecule has 0 unspecified atom stereocenters. The monoisotopic (exact) mass is 450 g/mol. The smallest absolute Gasteiger partial charge is 0.246 e. The molecule has 1 aromatic heterocycles. The fourth-order valence-electron chi connectivity index (χ4n) is 3.47. The summed E-state index contributed by atoms with van der Waals surface area (Å²) < 4.78 is 12.6. The SMILES string of the molecule is CCC(=O)N(CC(=O)Nc1nc(-c2ccccc2)cn1-c1ccc(OC)c(OC)c1)C(C)C. The first-order valence-electron chi connectivity index (χ1n) is 10.8. The van der Waals surface area contributed by atoms with Crippen LogP contribution in [0.25, 0.3) is 16.9 Å². The van der Waals surface area contributed by atoms with E-state index in [2.05, 4.69) is 10.3 Å². The van der Waals surface area contributed by atoms with E-state index >= 15 is 0 Å². The summed E-state index contributed by atoms with van der Waals surface area (Å²) in [6, 6.07) is 15.1. The summed E-state index contributed by atoms with van der Waals surface area (Å²) >= 11 is 0. The van der Waals surface area contributed by atoms with Crippen molar-refractivity contribution in [3.8, 4) is 28.4 Å². The summed E-state index contributed by atoms with van der Waals surface area (Å²) in [6.45, 7) is 5.51. The summed E-state index contributed by atoms with van der Waals surface area (Å²) in [7, 11) is 3.14. The van der Waals surface area contributed by atoms with Gasteiger partial charge in [-0.25, -0.2) is 4.98 Å². The Hall–Kier alpha value is -3.81.